The first-order valence-electron chi connectivity index (χ1n) is 7.23. The maximum absolute atomic E-state index is 10.6. The fourth-order valence-corrected chi connectivity index (χ4v) is 3.27. The fourth-order valence-electron chi connectivity index (χ4n) is 2.54. The van der Waals surface area contributed by atoms with Crippen molar-refractivity contribution < 1.29 is 24.9 Å². The van der Waals surface area contributed by atoms with Gasteiger partial charge in [0.05, 0.1) is 18.9 Å². The second kappa shape index (κ2) is 7.13. The van der Waals surface area contributed by atoms with Gasteiger partial charge in [0.25, 0.3) is 0 Å². The Morgan fingerprint density at radius 2 is 2.12 bits per heavy atom. The number of aliphatic hydroxyl groups is 2. The van der Waals surface area contributed by atoms with Gasteiger partial charge in [0.1, 0.15) is 18.5 Å². The highest BCUT2D eigenvalue weighted by Crippen LogP contribution is 2.32. The number of anilines is 1. The molecule has 0 aliphatic carbocycles. The number of aromatic nitrogens is 4. The molecule has 4 atom stereocenters. The molecule has 130 valence electrons. The maximum atomic E-state index is 10.6. The van der Waals surface area contributed by atoms with Crippen LogP contribution in [-0.2, 0) is 9.53 Å². The van der Waals surface area contributed by atoms with Gasteiger partial charge in [-0.05, 0) is 0 Å². The van der Waals surface area contributed by atoms with E-state index < -0.39 is 30.5 Å². The summed E-state index contributed by atoms with van der Waals surface area (Å²) in [6.07, 6.45) is -0.639. The van der Waals surface area contributed by atoms with E-state index in [0.29, 0.717) is 21.4 Å². The Balaban J connectivity index is 1.87. The van der Waals surface area contributed by atoms with Crippen LogP contribution in [-0.4, -0.2) is 70.1 Å². The van der Waals surface area contributed by atoms with Crippen LogP contribution in [0.4, 0.5) is 5.82 Å². The summed E-state index contributed by atoms with van der Waals surface area (Å²) in [6.45, 7) is 0.201. The lowest BCUT2D eigenvalue weighted by Gasteiger charge is -2.16. The Labute approximate surface area is 150 Å². The number of imidazole rings is 1. The van der Waals surface area contributed by atoms with Crippen LogP contribution in [0.3, 0.4) is 0 Å². The quantitative estimate of drug-likeness (QED) is 0.347. The molecule has 3 rings (SSSR count). The monoisotopic (exact) mass is 449 g/mol. The largest absolute Gasteiger partial charge is 0.481 e. The van der Waals surface area contributed by atoms with Crippen LogP contribution in [0.1, 0.15) is 12.6 Å². The molecule has 0 aromatic carbocycles. The first-order chi connectivity index (χ1) is 11.5. The zero-order chi connectivity index (χ0) is 17.3. The Hall–Kier alpha value is -1.57. The number of hydrogen-bond donors (Lipinski definition) is 4. The van der Waals surface area contributed by atoms with E-state index in [-0.39, 0.29) is 13.0 Å². The Morgan fingerprint density at radius 1 is 1.33 bits per heavy atom. The molecule has 2 aromatic heterocycles. The molecule has 1 unspecified atom stereocenters. The number of nitrogens with zero attached hydrogens (tertiary/aromatic N) is 4. The van der Waals surface area contributed by atoms with E-state index in [0.717, 1.165) is 0 Å². The predicted molar refractivity (Wildman–Crippen MR) is 90.9 cm³/mol. The van der Waals surface area contributed by atoms with Gasteiger partial charge >= 0.3 is 5.97 Å². The molecule has 10 nitrogen and oxygen atoms in total. The van der Waals surface area contributed by atoms with Crippen molar-refractivity contribution >= 4 is 45.5 Å². The second-order valence-corrected chi connectivity index (χ2v) is 6.20. The number of rotatable bonds is 6. The van der Waals surface area contributed by atoms with Crippen molar-refractivity contribution in [3.05, 3.63) is 12.7 Å². The topological polar surface area (TPSA) is 143 Å². The van der Waals surface area contributed by atoms with E-state index in [1.807, 2.05) is 0 Å². The van der Waals surface area contributed by atoms with Crippen LogP contribution in [0.2, 0.25) is 0 Å². The van der Waals surface area contributed by atoms with E-state index in [1.54, 1.807) is 4.57 Å². The predicted octanol–water partition coefficient (Wildman–Crippen LogP) is -0.233. The average Bonchev–Trinajstić information content (AvgIpc) is 3.10. The Kier molecular flexibility index (Phi) is 5.12. The molecule has 4 N–H and O–H groups in total. The standard InChI is InChI=1S/C13H16IN5O5/c14-3-6-9(22)10(23)13(24-6)19-5-18-8-11(15-2-1-7(20)21)16-4-17-12(8)19/h4-6,9-10,13,22-23H,1-3H2,(H,20,21)(H,15,16,17)/t6-,9?,10+,13-/m1/s1. The minimum atomic E-state index is -1.10. The molecule has 1 aliphatic rings. The van der Waals surface area contributed by atoms with Crippen LogP contribution >= 0.6 is 22.6 Å². The van der Waals surface area contributed by atoms with Crippen molar-refractivity contribution in [2.45, 2.75) is 31.0 Å². The van der Waals surface area contributed by atoms with E-state index in [9.17, 15) is 15.0 Å². The van der Waals surface area contributed by atoms with Gasteiger partial charge in [-0.1, -0.05) is 22.6 Å². The molecular weight excluding hydrogens is 433 g/mol. The first-order valence-corrected chi connectivity index (χ1v) is 8.76. The highest BCUT2D eigenvalue weighted by molar-refractivity contribution is 14.1. The maximum Gasteiger partial charge on any atom is 0.305 e. The first kappa shape index (κ1) is 17.3. The van der Waals surface area contributed by atoms with Crippen LogP contribution in [0.5, 0.6) is 0 Å². The molecule has 3 heterocycles. The second-order valence-electron chi connectivity index (χ2n) is 5.32. The number of carboxylic acids is 1. The van der Waals surface area contributed by atoms with Gasteiger partial charge in [0, 0.05) is 11.0 Å². The summed E-state index contributed by atoms with van der Waals surface area (Å²) >= 11 is 2.08. The smallest absolute Gasteiger partial charge is 0.305 e. The average molecular weight is 449 g/mol. The number of ether oxygens (including phenoxy) is 1. The van der Waals surface area contributed by atoms with Crippen molar-refractivity contribution in [2.75, 3.05) is 16.3 Å². The lowest BCUT2D eigenvalue weighted by molar-refractivity contribution is -0.136. The fraction of sp³-hybridized carbons (Fsp3) is 0.538. The highest BCUT2D eigenvalue weighted by atomic mass is 127. The normalized spacial score (nSPS) is 26.8. The summed E-state index contributed by atoms with van der Waals surface area (Å²) in [4.78, 5) is 23.0. The Morgan fingerprint density at radius 3 is 2.79 bits per heavy atom. The third kappa shape index (κ3) is 3.16. The Bertz CT molecular complexity index is 741. The number of hydrogen-bond acceptors (Lipinski definition) is 8. The number of carbonyl (C=O) groups is 1. The molecule has 0 bridgehead atoms. The van der Waals surface area contributed by atoms with Crippen LogP contribution in [0, 0.1) is 0 Å². The van der Waals surface area contributed by atoms with E-state index in [4.69, 9.17) is 9.84 Å². The molecule has 1 fully saturated rings. The van der Waals surface area contributed by atoms with Crippen LogP contribution in [0.25, 0.3) is 11.2 Å². The number of nitrogens with one attached hydrogen (secondary N) is 1. The van der Waals surface area contributed by atoms with Gasteiger partial charge in [-0.2, -0.15) is 0 Å². The molecule has 0 amide bonds. The molecule has 0 spiro atoms. The van der Waals surface area contributed by atoms with Gasteiger partial charge in [-0.25, -0.2) is 15.0 Å². The van der Waals surface area contributed by atoms with Crippen LogP contribution in [0.15, 0.2) is 12.7 Å². The summed E-state index contributed by atoms with van der Waals surface area (Å²) in [6, 6.07) is 0. The SMILES string of the molecule is O=C(O)CCNc1ncnc2c1ncn2[C@@H]1O[C@H](CI)C(O)[C@@H]1O. The number of aliphatic hydroxyl groups excluding tert-OH is 2. The van der Waals surface area contributed by atoms with E-state index >= 15 is 0 Å². The summed E-state index contributed by atoms with van der Waals surface area (Å²) < 4.78 is 7.78. The van der Waals surface area contributed by atoms with E-state index in [2.05, 4.69) is 42.9 Å². The highest BCUT2D eigenvalue weighted by Gasteiger charge is 2.43. The number of halogens is 1. The van der Waals surface area contributed by atoms with E-state index in [1.165, 1.54) is 12.7 Å². The molecule has 24 heavy (non-hydrogen) atoms. The molecule has 0 saturated carbocycles. The lowest BCUT2D eigenvalue weighted by Crippen LogP contribution is -2.32. The minimum absolute atomic E-state index is 0.0554. The van der Waals surface area contributed by atoms with Crippen molar-refractivity contribution in [3.63, 3.8) is 0 Å². The summed E-state index contributed by atoms with van der Waals surface area (Å²) in [5, 5.41) is 31.8. The van der Waals surface area contributed by atoms with Gasteiger partial charge in [0.2, 0.25) is 0 Å². The zero-order valence-electron chi connectivity index (χ0n) is 12.4. The van der Waals surface area contributed by atoms with Gasteiger partial charge in [-0.3, -0.25) is 9.36 Å². The molecule has 11 heteroatoms. The number of alkyl halides is 1. The number of carboxylic acid groups (broad SMARTS) is 1. The van der Waals surface area contributed by atoms with Crippen LogP contribution < -0.4 is 5.32 Å². The molecule has 0 radical (unpaired) electrons. The molecule has 1 saturated heterocycles. The molecule has 2 aromatic rings. The third-order valence-corrected chi connectivity index (χ3v) is 4.62. The van der Waals surface area contributed by atoms with Crippen molar-refractivity contribution in [1.29, 1.82) is 0 Å². The lowest BCUT2D eigenvalue weighted by atomic mass is 10.1. The summed E-state index contributed by atoms with van der Waals surface area (Å²) in [5.41, 5.74) is 0.860. The van der Waals surface area contributed by atoms with Crippen molar-refractivity contribution in [3.8, 4) is 0 Å². The summed E-state index contributed by atoms with van der Waals surface area (Å²) in [7, 11) is 0. The summed E-state index contributed by atoms with van der Waals surface area (Å²) in [5.74, 6) is -0.516. The van der Waals surface area contributed by atoms with Gasteiger partial charge in [0.15, 0.2) is 23.2 Å². The molecule has 1 aliphatic heterocycles. The van der Waals surface area contributed by atoms with Crippen molar-refractivity contribution in [2.24, 2.45) is 0 Å². The van der Waals surface area contributed by atoms with Crippen molar-refractivity contribution in [1.82, 2.24) is 19.5 Å². The van der Waals surface area contributed by atoms with Gasteiger partial charge in [-0.15, -0.1) is 0 Å². The van der Waals surface area contributed by atoms with Gasteiger partial charge < -0.3 is 25.4 Å². The third-order valence-electron chi connectivity index (χ3n) is 3.75. The minimum Gasteiger partial charge on any atom is -0.481 e. The number of fused-ring (bicyclic) bond motifs is 1. The zero-order valence-corrected chi connectivity index (χ0v) is 14.6. The molecular formula is C13H16IN5O5. The number of aliphatic carboxylic acids is 1.